The summed E-state index contributed by atoms with van der Waals surface area (Å²) in [6, 6.07) is 1.36. The molecule has 0 spiro atoms. The lowest BCUT2D eigenvalue weighted by molar-refractivity contribution is 0.0929. The third kappa shape index (κ3) is 4.00. The molecule has 1 aromatic heterocycles. The topological polar surface area (TPSA) is 65.2 Å². The monoisotopic (exact) mass is 251 g/mol. The van der Waals surface area contributed by atoms with Crippen molar-refractivity contribution in [1.29, 1.82) is 0 Å². The van der Waals surface area contributed by atoms with Gasteiger partial charge in [0, 0.05) is 31.0 Å². The van der Waals surface area contributed by atoms with Gasteiger partial charge in [-0.2, -0.15) is 0 Å². The molecule has 0 bridgehead atoms. The predicted octanol–water partition coefficient (Wildman–Crippen LogP) is 0.835. The van der Waals surface area contributed by atoms with Crippen LogP contribution in [0.25, 0.3) is 0 Å². The molecule has 0 aliphatic carbocycles. The molecule has 100 valence electrons. The largest absolute Gasteiger partial charge is 0.367 e. The van der Waals surface area contributed by atoms with Crippen molar-refractivity contribution in [2.75, 3.05) is 19.6 Å². The minimum absolute atomic E-state index is 0.0111. The van der Waals surface area contributed by atoms with Crippen molar-refractivity contribution in [1.82, 2.24) is 15.2 Å². The number of aromatic amines is 1. The van der Waals surface area contributed by atoms with Crippen molar-refractivity contribution in [2.24, 2.45) is 0 Å². The van der Waals surface area contributed by atoms with E-state index in [4.69, 9.17) is 0 Å². The SMILES string of the molecule is CCN(CC)CC(C)NC(=O)c1c[nH]ccc1=O. The van der Waals surface area contributed by atoms with Crippen LogP contribution in [0.2, 0.25) is 0 Å². The number of carbonyl (C=O) groups excluding carboxylic acids is 1. The first-order valence-corrected chi connectivity index (χ1v) is 6.28. The van der Waals surface area contributed by atoms with E-state index in [0.717, 1.165) is 19.6 Å². The molecule has 1 unspecified atom stereocenters. The van der Waals surface area contributed by atoms with Gasteiger partial charge in [0.15, 0.2) is 5.43 Å². The number of aromatic nitrogens is 1. The molecule has 1 heterocycles. The highest BCUT2D eigenvalue weighted by Crippen LogP contribution is 1.94. The molecule has 0 aromatic carbocycles. The van der Waals surface area contributed by atoms with Gasteiger partial charge in [-0.1, -0.05) is 13.8 Å². The lowest BCUT2D eigenvalue weighted by atomic mass is 10.2. The number of pyridine rings is 1. The molecule has 0 aliphatic heterocycles. The summed E-state index contributed by atoms with van der Waals surface area (Å²) in [5.41, 5.74) is -0.106. The average Bonchev–Trinajstić information content (AvgIpc) is 2.36. The Morgan fingerprint density at radius 2 is 2.11 bits per heavy atom. The van der Waals surface area contributed by atoms with E-state index in [9.17, 15) is 9.59 Å². The Bertz CT molecular complexity index is 438. The lowest BCUT2D eigenvalue weighted by Crippen LogP contribution is -2.43. The van der Waals surface area contributed by atoms with Crippen LogP contribution in [0.3, 0.4) is 0 Å². The normalized spacial score (nSPS) is 12.4. The maximum atomic E-state index is 11.9. The summed E-state index contributed by atoms with van der Waals surface area (Å²) >= 11 is 0. The number of H-pyrrole nitrogens is 1. The zero-order valence-corrected chi connectivity index (χ0v) is 11.2. The minimum atomic E-state index is -0.323. The van der Waals surface area contributed by atoms with E-state index in [2.05, 4.69) is 29.0 Å². The van der Waals surface area contributed by atoms with Crippen molar-refractivity contribution in [3.05, 3.63) is 34.2 Å². The van der Waals surface area contributed by atoms with Gasteiger partial charge in [0.25, 0.3) is 5.91 Å². The Balaban J connectivity index is 2.60. The number of carbonyl (C=O) groups is 1. The maximum absolute atomic E-state index is 11.9. The molecule has 5 heteroatoms. The van der Waals surface area contributed by atoms with Crippen LogP contribution in [-0.4, -0.2) is 41.5 Å². The van der Waals surface area contributed by atoms with Crippen molar-refractivity contribution in [3.63, 3.8) is 0 Å². The molecule has 5 nitrogen and oxygen atoms in total. The zero-order chi connectivity index (χ0) is 13.5. The fourth-order valence-corrected chi connectivity index (χ4v) is 1.81. The third-order valence-corrected chi connectivity index (χ3v) is 2.87. The zero-order valence-electron chi connectivity index (χ0n) is 11.2. The van der Waals surface area contributed by atoms with Gasteiger partial charge in [-0.05, 0) is 20.0 Å². The van der Waals surface area contributed by atoms with E-state index in [1.165, 1.54) is 18.5 Å². The van der Waals surface area contributed by atoms with E-state index in [1.54, 1.807) is 0 Å². The van der Waals surface area contributed by atoms with Crippen LogP contribution in [0.5, 0.6) is 0 Å². The van der Waals surface area contributed by atoms with Crippen molar-refractivity contribution in [2.45, 2.75) is 26.8 Å². The van der Waals surface area contributed by atoms with Crippen LogP contribution < -0.4 is 10.7 Å². The van der Waals surface area contributed by atoms with Crippen LogP contribution >= 0.6 is 0 Å². The van der Waals surface area contributed by atoms with E-state index in [0.29, 0.717) is 0 Å². The fourth-order valence-electron chi connectivity index (χ4n) is 1.81. The van der Waals surface area contributed by atoms with Crippen LogP contribution in [0.1, 0.15) is 31.1 Å². The molecular formula is C13H21N3O2. The second kappa shape index (κ2) is 6.96. The van der Waals surface area contributed by atoms with Crippen molar-refractivity contribution < 1.29 is 4.79 Å². The molecule has 0 radical (unpaired) electrons. The van der Waals surface area contributed by atoms with Crippen molar-refractivity contribution >= 4 is 5.91 Å². The van der Waals surface area contributed by atoms with Crippen molar-refractivity contribution in [3.8, 4) is 0 Å². The Morgan fingerprint density at radius 1 is 1.44 bits per heavy atom. The molecule has 1 amide bonds. The molecule has 2 N–H and O–H groups in total. The smallest absolute Gasteiger partial charge is 0.256 e. The highest BCUT2D eigenvalue weighted by molar-refractivity contribution is 5.93. The molecule has 1 aromatic rings. The number of rotatable bonds is 6. The summed E-state index contributed by atoms with van der Waals surface area (Å²) in [5, 5.41) is 2.84. The Labute approximate surface area is 107 Å². The minimum Gasteiger partial charge on any atom is -0.367 e. The first kappa shape index (κ1) is 14.4. The predicted molar refractivity (Wildman–Crippen MR) is 71.8 cm³/mol. The number of likely N-dealkylation sites (N-methyl/N-ethyl adjacent to an activating group) is 1. The molecule has 0 saturated heterocycles. The van der Waals surface area contributed by atoms with Gasteiger partial charge in [-0.3, -0.25) is 9.59 Å². The van der Waals surface area contributed by atoms with Crippen LogP contribution in [0.4, 0.5) is 0 Å². The van der Waals surface area contributed by atoms with Gasteiger partial charge in [0.2, 0.25) is 0 Å². The molecule has 0 saturated carbocycles. The second-order valence-electron chi connectivity index (χ2n) is 4.28. The second-order valence-corrected chi connectivity index (χ2v) is 4.28. The number of hydrogen-bond donors (Lipinski definition) is 2. The molecular weight excluding hydrogens is 230 g/mol. The molecule has 1 atom stereocenters. The third-order valence-electron chi connectivity index (χ3n) is 2.87. The first-order valence-electron chi connectivity index (χ1n) is 6.28. The van der Waals surface area contributed by atoms with Crippen LogP contribution in [-0.2, 0) is 0 Å². The molecule has 0 fully saturated rings. The van der Waals surface area contributed by atoms with Gasteiger partial charge < -0.3 is 15.2 Å². The number of amides is 1. The van der Waals surface area contributed by atoms with Gasteiger partial charge in [-0.25, -0.2) is 0 Å². The summed E-state index contributed by atoms with van der Waals surface area (Å²) in [5.74, 6) is -0.323. The average molecular weight is 251 g/mol. The quantitative estimate of drug-likeness (QED) is 0.787. The lowest BCUT2D eigenvalue weighted by Gasteiger charge is -2.23. The number of hydrogen-bond acceptors (Lipinski definition) is 3. The fraction of sp³-hybridized carbons (Fsp3) is 0.538. The first-order chi connectivity index (χ1) is 8.58. The van der Waals surface area contributed by atoms with E-state index >= 15 is 0 Å². The van der Waals surface area contributed by atoms with Gasteiger partial charge in [-0.15, -0.1) is 0 Å². The van der Waals surface area contributed by atoms with Crippen LogP contribution in [0, 0.1) is 0 Å². The Morgan fingerprint density at radius 3 is 2.67 bits per heavy atom. The molecule has 1 rings (SSSR count). The van der Waals surface area contributed by atoms with Gasteiger partial charge in [0.1, 0.15) is 5.56 Å². The van der Waals surface area contributed by atoms with Gasteiger partial charge >= 0.3 is 0 Å². The Hall–Kier alpha value is -1.62. The molecule has 18 heavy (non-hydrogen) atoms. The van der Waals surface area contributed by atoms with Gasteiger partial charge in [0.05, 0.1) is 0 Å². The summed E-state index contributed by atoms with van der Waals surface area (Å²) in [7, 11) is 0. The summed E-state index contributed by atoms with van der Waals surface area (Å²) in [4.78, 5) is 28.3. The van der Waals surface area contributed by atoms with E-state index in [1.807, 2.05) is 6.92 Å². The number of nitrogens with zero attached hydrogens (tertiary/aromatic N) is 1. The summed E-state index contributed by atoms with van der Waals surface area (Å²) < 4.78 is 0. The highest BCUT2D eigenvalue weighted by Gasteiger charge is 2.14. The Kier molecular flexibility index (Phi) is 5.58. The summed E-state index contributed by atoms with van der Waals surface area (Å²) in [6.07, 6.45) is 2.94. The van der Waals surface area contributed by atoms with E-state index in [-0.39, 0.29) is 22.9 Å². The van der Waals surface area contributed by atoms with Crippen LogP contribution in [0.15, 0.2) is 23.3 Å². The standard InChI is InChI=1S/C13H21N3O2/c1-4-16(5-2)9-10(3)15-13(18)11-8-14-7-6-12(11)17/h6-8,10H,4-5,9H2,1-3H3,(H,14,17)(H,15,18). The highest BCUT2D eigenvalue weighted by atomic mass is 16.2. The molecule has 0 aliphatic rings. The van der Waals surface area contributed by atoms with E-state index < -0.39 is 0 Å². The summed E-state index contributed by atoms with van der Waals surface area (Å²) in [6.45, 7) is 8.78. The number of nitrogens with one attached hydrogen (secondary N) is 2. The maximum Gasteiger partial charge on any atom is 0.256 e.